The Morgan fingerprint density at radius 3 is 2.83 bits per heavy atom. The predicted octanol–water partition coefficient (Wildman–Crippen LogP) is 3.08. The maximum atomic E-state index is 10.9. The largest absolute Gasteiger partial charge is 0.481 e. The van der Waals surface area contributed by atoms with Gasteiger partial charge in [0.1, 0.15) is 5.75 Å². The van der Waals surface area contributed by atoms with Crippen molar-refractivity contribution in [2.75, 3.05) is 13.7 Å². The topological polar surface area (TPSA) is 71.5 Å². The molecule has 1 heterocycles. The van der Waals surface area contributed by atoms with Crippen LogP contribution in [0.3, 0.4) is 0 Å². The van der Waals surface area contributed by atoms with E-state index >= 15 is 0 Å². The highest BCUT2D eigenvalue weighted by molar-refractivity contribution is 5.96. The Morgan fingerprint density at radius 1 is 1.17 bits per heavy atom. The maximum Gasteiger partial charge on any atom is 0.341 e. The molecule has 5 nitrogen and oxygen atoms in total. The Balaban J connectivity index is 2.15. The smallest absolute Gasteiger partial charge is 0.341 e. The molecule has 0 atom stereocenters. The first-order chi connectivity index (χ1) is 11.7. The fourth-order valence-electron chi connectivity index (χ4n) is 2.71. The van der Waals surface area contributed by atoms with Gasteiger partial charge < -0.3 is 15.2 Å². The van der Waals surface area contributed by atoms with E-state index in [1.165, 1.54) is 0 Å². The lowest BCUT2D eigenvalue weighted by atomic mass is 9.98. The first kappa shape index (κ1) is 16.0. The van der Waals surface area contributed by atoms with E-state index in [2.05, 4.69) is 10.3 Å². The number of ether oxygens (including phenoxy) is 1. The highest BCUT2D eigenvalue weighted by atomic mass is 16.5. The van der Waals surface area contributed by atoms with Crippen molar-refractivity contribution in [1.82, 2.24) is 10.3 Å². The summed E-state index contributed by atoms with van der Waals surface area (Å²) in [5, 5.41) is 13.0. The van der Waals surface area contributed by atoms with Gasteiger partial charge in [-0.3, -0.25) is 4.98 Å². The molecule has 5 heteroatoms. The SMILES string of the molecule is CNCc1ccc(OCC(=O)O)c(-c2cccc3ncccc23)c1. The van der Waals surface area contributed by atoms with E-state index in [-0.39, 0.29) is 6.61 Å². The molecule has 0 aliphatic heterocycles. The van der Waals surface area contributed by atoms with Crippen LogP contribution in [0.2, 0.25) is 0 Å². The zero-order valence-electron chi connectivity index (χ0n) is 13.3. The monoisotopic (exact) mass is 322 g/mol. The Hall–Kier alpha value is -2.92. The van der Waals surface area contributed by atoms with Crippen LogP contribution in [0.4, 0.5) is 0 Å². The fourth-order valence-corrected chi connectivity index (χ4v) is 2.71. The summed E-state index contributed by atoms with van der Waals surface area (Å²) in [6.45, 7) is 0.344. The van der Waals surface area contributed by atoms with Gasteiger partial charge in [0.15, 0.2) is 6.61 Å². The molecule has 24 heavy (non-hydrogen) atoms. The van der Waals surface area contributed by atoms with Crippen LogP contribution in [0.25, 0.3) is 22.0 Å². The van der Waals surface area contributed by atoms with E-state index < -0.39 is 5.97 Å². The second-order valence-corrected chi connectivity index (χ2v) is 5.42. The van der Waals surface area contributed by atoms with Gasteiger partial charge in [0.25, 0.3) is 0 Å². The second-order valence-electron chi connectivity index (χ2n) is 5.42. The number of rotatable bonds is 6. The van der Waals surface area contributed by atoms with E-state index in [0.29, 0.717) is 5.75 Å². The van der Waals surface area contributed by atoms with Crippen molar-refractivity contribution in [3.63, 3.8) is 0 Å². The van der Waals surface area contributed by atoms with Crippen LogP contribution >= 0.6 is 0 Å². The van der Waals surface area contributed by atoms with Crippen LogP contribution in [0.1, 0.15) is 5.56 Å². The number of hydrogen-bond acceptors (Lipinski definition) is 4. The molecule has 0 amide bonds. The number of carboxylic acid groups (broad SMARTS) is 1. The summed E-state index contributed by atoms with van der Waals surface area (Å²) >= 11 is 0. The first-order valence-corrected chi connectivity index (χ1v) is 7.65. The molecule has 3 rings (SSSR count). The summed E-state index contributed by atoms with van der Waals surface area (Å²) in [5.74, 6) is -0.451. The van der Waals surface area contributed by atoms with Crippen molar-refractivity contribution in [2.45, 2.75) is 6.54 Å². The molecule has 0 aliphatic rings. The number of fused-ring (bicyclic) bond motifs is 1. The van der Waals surface area contributed by atoms with E-state index in [0.717, 1.165) is 34.1 Å². The minimum atomic E-state index is -1.00. The number of hydrogen-bond donors (Lipinski definition) is 2. The summed E-state index contributed by atoms with van der Waals surface area (Å²) < 4.78 is 5.49. The molecule has 0 saturated heterocycles. The minimum Gasteiger partial charge on any atom is -0.481 e. The number of nitrogens with one attached hydrogen (secondary N) is 1. The third-order valence-electron chi connectivity index (χ3n) is 3.71. The van der Waals surface area contributed by atoms with Gasteiger partial charge in [-0.15, -0.1) is 0 Å². The Morgan fingerprint density at radius 2 is 2.04 bits per heavy atom. The zero-order chi connectivity index (χ0) is 16.9. The lowest BCUT2D eigenvalue weighted by Gasteiger charge is -2.14. The number of benzene rings is 2. The lowest BCUT2D eigenvalue weighted by Crippen LogP contribution is -2.10. The van der Waals surface area contributed by atoms with Crippen molar-refractivity contribution in [3.05, 3.63) is 60.3 Å². The first-order valence-electron chi connectivity index (χ1n) is 7.65. The molecular formula is C19H18N2O3. The van der Waals surface area contributed by atoms with Gasteiger partial charge in [0.05, 0.1) is 5.52 Å². The van der Waals surface area contributed by atoms with Gasteiger partial charge in [-0.1, -0.05) is 24.3 Å². The third kappa shape index (κ3) is 3.36. The van der Waals surface area contributed by atoms with E-state index in [9.17, 15) is 4.79 Å². The highest BCUT2D eigenvalue weighted by Crippen LogP contribution is 2.35. The number of carbonyl (C=O) groups is 1. The van der Waals surface area contributed by atoms with Gasteiger partial charge in [-0.25, -0.2) is 4.79 Å². The van der Waals surface area contributed by atoms with Gasteiger partial charge >= 0.3 is 5.97 Å². The highest BCUT2D eigenvalue weighted by Gasteiger charge is 2.12. The van der Waals surface area contributed by atoms with Gasteiger partial charge in [-0.05, 0) is 42.4 Å². The molecule has 3 aromatic rings. The van der Waals surface area contributed by atoms with Crippen molar-refractivity contribution in [2.24, 2.45) is 0 Å². The van der Waals surface area contributed by atoms with E-state index in [4.69, 9.17) is 9.84 Å². The normalized spacial score (nSPS) is 10.7. The molecule has 1 aromatic heterocycles. The molecule has 0 aliphatic carbocycles. The number of nitrogens with zero attached hydrogens (tertiary/aromatic N) is 1. The standard InChI is InChI=1S/C19H18N2O3/c1-20-11-13-7-8-18(24-12-19(22)23)16(10-13)14-4-2-6-17-15(14)5-3-9-21-17/h2-10,20H,11-12H2,1H3,(H,22,23). The molecule has 0 radical (unpaired) electrons. The van der Waals surface area contributed by atoms with Crippen molar-refractivity contribution < 1.29 is 14.6 Å². The number of carboxylic acids is 1. The maximum absolute atomic E-state index is 10.9. The summed E-state index contributed by atoms with van der Waals surface area (Å²) in [5.41, 5.74) is 3.82. The van der Waals surface area contributed by atoms with Gasteiger partial charge in [0, 0.05) is 23.7 Å². The van der Waals surface area contributed by atoms with Gasteiger partial charge in [0.2, 0.25) is 0 Å². The summed E-state index contributed by atoms with van der Waals surface area (Å²) in [6, 6.07) is 15.6. The quantitative estimate of drug-likeness (QED) is 0.730. The molecule has 0 spiro atoms. The number of aromatic nitrogens is 1. The minimum absolute atomic E-state index is 0.374. The van der Waals surface area contributed by atoms with Crippen molar-refractivity contribution in [1.29, 1.82) is 0 Å². The van der Waals surface area contributed by atoms with Crippen LogP contribution in [0, 0.1) is 0 Å². The van der Waals surface area contributed by atoms with Crippen molar-refractivity contribution >= 4 is 16.9 Å². The van der Waals surface area contributed by atoms with Crippen LogP contribution in [-0.2, 0) is 11.3 Å². The van der Waals surface area contributed by atoms with E-state index in [1.54, 1.807) is 6.20 Å². The van der Waals surface area contributed by atoms with Crippen LogP contribution < -0.4 is 10.1 Å². The molecule has 2 N–H and O–H groups in total. The van der Waals surface area contributed by atoms with Crippen LogP contribution in [0.15, 0.2) is 54.7 Å². The molecule has 0 unspecified atom stereocenters. The molecule has 0 fully saturated rings. The molecule has 0 bridgehead atoms. The molecular weight excluding hydrogens is 304 g/mol. The summed E-state index contributed by atoms with van der Waals surface area (Å²) in [4.78, 5) is 15.2. The molecule has 122 valence electrons. The zero-order valence-corrected chi connectivity index (χ0v) is 13.3. The van der Waals surface area contributed by atoms with Crippen LogP contribution in [0.5, 0.6) is 5.75 Å². The fraction of sp³-hybridized carbons (Fsp3) is 0.158. The van der Waals surface area contributed by atoms with Crippen molar-refractivity contribution in [3.8, 4) is 16.9 Å². The lowest BCUT2D eigenvalue weighted by molar-refractivity contribution is -0.139. The number of pyridine rings is 1. The predicted molar refractivity (Wildman–Crippen MR) is 93.1 cm³/mol. The Kier molecular flexibility index (Phi) is 4.72. The Labute approximate surface area is 139 Å². The van der Waals surface area contributed by atoms with Gasteiger partial charge in [-0.2, -0.15) is 0 Å². The molecule has 0 saturated carbocycles. The Bertz CT molecular complexity index is 872. The van der Waals surface area contributed by atoms with E-state index in [1.807, 2.05) is 55.6 Å². The summed E-state index contributed by atoms with van der Waals surface area (Å²) in [6.07, 6.45) is 1.76. The second kappa shape index (κ2) is 7.10. The number of aliphatic carboxylic acids is 1. The molecule has 2 aromatic carbocycles. The average molecular weight is 322 g/mol. The summed E-state index contributed by atoms with van der Waals surface area (Å²) in [7, 11) is 1.89. The average Bonchev–Trinajstić information content (AvgIpc) is 2.60. The van der Waals surface area contributed by atoms with Crippen LogP contribution in [-0.4, -0.2) is 29.7 Å². The third-order valence-corrected chi connectivity index (χ3v) is 3.71.